The SMILES string of the molecule is COCCC(=O)CC(=O)OC.COCCc1cc(=O)[nH]c(C(C)(C)C)n1. The number of rotatable bonds is 8. The highest BCUT2D eigenvalue weighted by Crippen LogP contribution is 2.16. The Labute approximate surface area is 154 Å². The molecule has 0 spiro atoms. The fourth-order valence-electron chi connectivity index (χ4n) is 1.74. The maximum Gasteiger partial charge on any atom is 0.313 e. The van der Waals surface area contributed by atoms with E-state index >= 15 is 0 Å². The minimum absolute atomic E-state index is 0.0963. The molecule has 0 saturated heterocycles. The van der Waals surface area contributed by atoms with Gasteiger partial charge in [-0.25, -0.2) is 4.98 Å². The van der Waals surface area contributed by atoms with Gasteiger partial charge in [-0.1, -0.05) is 20.8 Å². The van der Waals surface area contributed by atoms with Crippen LogP contribution in [-0.2, 0) is 35.6 Å². The van der Waals surface area contributed by atoms with Crippen molar-refractivity contribution >= 4 is 11.8 Å². The van der Waals surface area contributed by atoms with Gasteiger partial charge in [-0.05, 0) is 0 Å². The molecular formula is C18H30N2O6. The van der Waals surface area contributed by atoms with E-state index in [-0.39, 0.29) is 29.6 Å². The van der Waals surface area contributed by atoms with Gasteiger partial charge >= 0.3 is 5.97 Å². The van der Waals surface area contributed by atoms with Crippen LogP contribution in [0.25, 0.3) is 0 Å². The number of carbonyl (C=O) groups is 2. The van der Waals surface area contributed by atoms with Crippen molar-refractivity contribution in [2.45, 2.75) is 45.4 Å². The highest BCUT2D eigenvalue weighted by atomic mass is 16.5. The van der Waals surface area contributed by atoms with Gasteiger partial charge in [-0.2, -0.15) is 0 Å². The number of methoxy groups -OCH3 is 3. The van der Waals surface area contributed by atoms with Crippen molar-refractivity contribution in [2.75, 3.05) is 34.5 Å². The van der Waals surface area contributed by atoms with Crippen molar-refractivity contribution in [2.24, 2.45) is 0 Å². The molecule has 0 atom stereocenters. The first kappa shape index (κ1) is 23.9. The summed E-state index contributed by atoms with van der Waals surface area (Å²) in [5.41, 5.74) is 0.550. The fourth-order valence-corrected chi connectivity index (χ4v) is 1.74. The van der Waals surface area contributed by atoms with Crippen LogP contribution in [-0.4, -0.2) is 56.3 Å². The van der Waals surface area contributed by atoms with E-state index in [0.717, 1.165) is 11.5 Å². The third-order valence-corrected chi connectivity index (χ3v) is 3.22. The van der Waals surface area contributed by atoms with Crippen molar-refractivity contribution in [1.82, 2.24) is 9.97 Å². The molecule has 1 N–H and O–H groups in total. The number of aromatic amines is 1. The second-order valence-corrected chi connectivity index (χ2v) is 6.61. The van der Waals surface area contributed by atoms with Crippen LogP contribution >= 0.6 is 0 Å². The Hall–Kier alpha value is -2.06. The molecule has 0 saturated carbocycles. The molecule has 1 rings (SSSR count). The molecule has 0 fully saturated rings. The molecule has 148 valence electrons. The van der Waals surface area contributed by atoms with Gasteiger partial charge in [0, 0.05) is 38.5 Å². The van der Waals surface area contributed by atoms with Crippen molar-refractivity contribution in [3.8, 4) is 0 Å². The molecule has 0 aliphatic rings. The lowest BCUT2D eigenvalue weighted by Crippen LogP contribution is -2.23. The summed E-state index contributed by atoms with van der Waals surface area (Å²) in [7, 11) is 4.40. The lowest BCUT2D eigenvalue weighted by molar-refractivity contribution is -0.143. The largest absolute Gasteiger partial charge is 0.469 e. The van der Waals surface area contributed by atoms with E-state index in [0.29, 0.717) is 19.6 Å². The number of nitrogens with zero attached hydrogens (tertiary/aromatic N) is 1. The summed E-state index contributed by atoms with van der Waals surface area (Å²) in [4.78, 5) is 39.8. The summed E-state index contributed by atoms with van der Waals surface area (Å²) in [6.45, 7) is 7.00. The summed E-state index contributed by atoms with van der Waals surface area (Å²) in [5, 5.41) is 0. The first-order chi connectivity index (χ1) is 12.1. The first-order valence-electron chi connectivity index (χ1n) is 8.31. The van der Waals surface area contributed by atoms with Gasteiger partial charge in [0.05, 0.1) is 26.0 Å². The monoisotopic (exact) mass is 370 g/mol. The van der Waals surface area contributed by atoms with Crippen LogP contribution in [0.5, 0.6) is 0 Å². The molecule has 0 amide bonds. The number of hydrogen-bond acceptors (Lipinski definition) is 7. The molecule has 1 aromatic heterocycles. The van der Waals surface area contributed by atoms with Crippen molar-refractivity contribution in [1.29, 1.82) is 0 Å². The number of hydrogen-bond donors (Lipinski definition) is 1. The zero-order valence-electron chi connectivity index (χ0n) is 16.5. The topological polar surface area (TPSA) is 108 Å². The maximum absolute atomic E-state index is 11.4. The molecule has 1 aromatic rings. The first-order valence-corrected chi connectivity index (χ1v) is 8.31. The third kappa shape index (κ3) is 10.7. The van der Waals surface area contributed by atoms with Crippen molar-refractivity contribution in [3.63, 3.8) is 0 Å². The lowest BCUT2D eigenvalue weighted by Gasteiger charge is -2.17. The summed E-state index contributed by atoms with van der Waals surface area (Å²) in [6, 6.07) is 1.52. The Morgan fingerprint density at radius 1 is 1.12 bits per heavy atom. The van der Waals surface area contributed by atoms with Gasteiger partial charge in [0.1, 0.15) is 18.0 Å². The normalized spacial score (nSPS) is 10.7. The molecule has 0 aromatic carbocycles. The van der Waals surface area contributed by atoms with Crippen LogP contribution in [0.15, 0.2) is 10.9 Å². The summed E-state index contributed by atoms with van der Waals surface area (Å²) >= 11 is 0. The minimum atomic E-state index is -0.494. The van der Waals surface area contributed by atoms with Gasteiger partial charge in [0.2, 0.25) is 0 Å². The number of Topliss-reactive ketones (excluding diaryl/α,β-unsaturated/α-hetero) is 1. The second-order valence-electron chi connectivity index (χ2n) is 6.61. The van der Waals surface area contributed by atoms with E-state index < -0.39 is 5.97 Å². The zero-order valence-corrected chi connectivity index (χ0v) is 16.5. The molecule has 26 heavy (non-hydrogen) atoms. The summed E-state index contributed by atoms with van der Waals surface area (Å²) in [5.74, 6) is 0.0749. The zero-order chi connectivity index (χ0) is 20.2. The fraction of sp³-hybridized carbons (Fsp3) is 0.667. The number of ether oxygens (including phenoxy) is 3. The Morgan fingerprint density at radius 3 is 2.23 bits per heavy atom. The average molecular weight is 370 g/mol. The van der Waals surface area contributed by atoms with Crippen LogP contribution in [0.1, 0.15) is 45.1 Å². The van der Waals surface area contributed by atoms with E-state index in [1.807, 2.05) is 20.8 Å². The van der Waals surface area contributed by atoms with Gasteiger partial charge in [-0.3, -0.25) is 14.4 Å². The maximum atomic E-state index is 11.4. The highest BCUT2D eigenvalue weighted by molar-refractivity contribution is 5.95. The van der Waals surface area contributed by atoms with Crippen LogP contribution in [0.3, 0.4) is 0 Å². The molecule has 0 aliphatic heterocycles. The predicted molar refractivity (Wildman–Crippen MR) is 97.3 cm³/mol. The van der Waals surface area contributed by atoms with Crippen LogP contribution in [0, 0.1) is 0 Å². The van der Waals surface area contributed by atoms with E-state index in [1.54, 1.807) is 7.11 Å². The quantitative estimate of drug-likeness (QED) is 0.544. The van der Waals surface area contributed by atoms with Gasteiger partial charge in [-0.15, -0.1) is 0 Å². The molecule has 8 nitrogen and oxygen atoms in total. The number of nitrogens with one attached hydrogen (secondary N) is 1. The number of carbonyl (C=O) groups excluding carboxylic acids is 2. The smallest absolute Gasteiger partial charge is 0.313 e. The molecule has 0 unspecified atom stereocenters. The molecule has 1 heterocycles. The molecule has 0 aliphatic carbocycles. The number of esters is 1. The van der Waals surface area contributed by atoms with E-state index in [1.165, 1.54) is 20.3 Å². The van der Waals surface area contributed by atoms with Crippen LogP contribution < -0.4 is 5.56 Å². The lowest BCUT2D eigenvalue weighted by atomic mass is 9.95. The van der Waals surface area contributed by atoms with Gasteiger partial charge in [0.25, 0.3) is 5.56 Å². The predicted octanol–water partition coefficient (Wildman–Crippen LogP) is 1.41. The van der Waals surface area contributed by atoms with Crippen LogP contribution in [0.4, 0.5) is 0 Å². The number of ketones is 1. The van der Waals surface area contributed by atoms with Crippen molar-refractivity contribution < 1.29 is 23.8 Å². The number of aromatic nitrogens is 2. The van der Waals surface area contributed by atoms with Crippen molar-refractivity contribution in [3.05, 3.63) is 27.9 Å². The molecule has 8 heteroatoms. The van der Waals surface area contributed by atoms with E-state index in [9.17, 15) is 14.4 Å². The standard InChI is InChI=1S/C11H18N2O2.C7H12O4/c1-11(2,3)10-12-8(5-6-15-4)7-9(14)13-10;1-10-4-3-6(8)5-7(9)11-2/h7H,5-6H2,1-4H3,(H,12,13,14);3-5H2,1-2H3. The molecular weight excluding hydrogens is 340 g/mol. The average Bonchev–Trinajstić information content (AvgIpc) is 2.57. The van der Waals surface area contributed by atoms with Gasteiger partial charge in [0.15, 0.2) is 0 Å². The molecule has 0 radical (unpaired) electrons. The summed E-state index contributed by atoms with van der Waals surface area (Å²) < 4.78 is 13.9. The third-order valence-electron chi connectivity index (χ3n) is 3.22. The van der Waals surface area contributed by atoms with E-state index in [2.05, 4.69) is 19.4 Å². The Kier molecular flexibility index (Phi) is 11.3. The summed E-state index contributed by atoms with van der Waals surface area (Å²) in [6.07, 6.45) is 0.787. The van der Waals surface area contributed by atoms with E-state index in [4.69, 9.17) is 4.74 Å². The number of H-pyrrole nitrogens is 1. The Morgan fingerprint density at radius 2 is 1.73 bits per heavy atom. The Bertz CT molecular complexity index is 619. The molecule has 0 bridgehead atoms. The minimum Gasteiger partial charge on any atom is -0.469 e. The highest BCUT2D eigenvalue weighted by Gasteiger charge is 2.17. The Balaban J connectivity index is 0.000000508. The van der Waals surface area contributed by atoms with Crippen LogP contribution in [0.2, 0.25) is 0 Å². The van der Waals surface area contributed by atoms with Gasteiger partial charge < -0.3 is 19.2 Å². The second kappa shape index (κ2) is 12.3.